The molecule has 6 rings (SSSR count). The van der Waals surface area contributed by atoms with Crippen molar-refractivity contribution in [2.45, 2.75) is 32.4 Å². The van der Waals surface area contributed by atoms with Crippen molar-refractivity contribution in [2.75, 3.05) is 11.5 Å². The van der Waals surface area contributed by atoms with Crippen molar-refractivity contribution in [3.63, 3.8) is 0 Å². The van der Waals surface area contributed by atoms with Crippen LogP contribution in [0.1, 0.15) is 36.6 Å². The number of amides is 1. The number of ether oxygens (including phenoxy) is 2. The van der Waals surface area contributed by atoms with Gasteiger partial charge in [-0.3, -0.25) is 14.5 Å². The molecule has 38 heavy (non-hydrogen) atoms. The van der Waals surface area contributed by atoms with Crippen LogP contribution in [-0.4, -0.2) is 34.5 Å². The molecule has 1 saturated heterocycles. The number of ketones is 1. The molecule has 0 bridgehead atoms. The minimum atomic E-state index is -0.968. The number of Topliss-reactive ketones (excluding diaryl/α,β-unsaturated/α-hetero) is 1. The second-order valence-electron chi connectivity index (χ2n) is 9.24. The van der Waals surface area contributed by atoms with Crippen LogP contribution in [0.25, 0.3) is 16.0 Å². The molecule has 1 aromatic heterocycles. The van der Waals surface area contributed by atoms with Crippen molar-refractivity contribution in [3.05, 3.63) is 88.7 Å². The molecule has 3 heterocycles. The van der Waals surface area contributed by atoms with Gasteiger partial charge in [0.2, 0.25) is 0 Å². The van der Waals surface area contributed by atoms with E-state index in [0.29, 0.717) is 40.1 Å². The fourth-order valence-corrected chi connectivity index (χ4v) is 6.02. The Morgan fingerprint density at radius 3 is 2.84 bits per heavy atom. The predicted octanol–water partition coefficient (Wildman–Crippen LogP) is 5.78. The van der Waals surface area contributed by atoms with E-state index in [4.69, 9.17) is 9.47 Å². The standard InChI is InChI=1S/C29H23FN2O5S/c1-3-36-20-6-4-5-16(13-20)25-24(26(33)17-7-10-22-18(12-17)11-15(2)37-22)27(34)28(35)32(25)29-31-21-9-8-19(30)14-23(21)38-29/h4-10,12-15,25,33H,3,11H2,1-2H3/b26-24+/t15-,25-/m1/s1. The number of aromatic nitrogens is 1. The molecule has 4 aromatic rings. The Bertz CT molecular complexity index is 1650. The fourth-order valence-electron chi connectivity index (χ4n) is 5.00. The monoisotopic (exact) mass is 530 g/mol. The van der Waals surface area contributed by atoms with Crippen LogP contribution in [-0.2, 0) is 16.0 Å². The second kappa shape index (κ2) is 9.25. The zero-order valence-electron chi connectivity index (χ0n) is 20.6. The quantitative estimate of drug-likeness (QED) is 0.200. The van der Waals surface area contributed by atoms with Crippen molar-refractivity contribution in [1.82, 2.24) is 4.98 Å². The number of benzene rings is 3. The molecule has 9 heteroatoms. The summed E-state index contributed by atoms with van der Waals surface area (Å²) < 4.78 is 25.9. The van der Waals surface area contributed by atoms with Crippen LogP contribution in [0.3, 0.4) is 0 Å². The minimum Gasteiger partial charge on any atom is -0.507 e. The van der Waals surface area contributed by atoms with E-state index in [2.05, 4.69) is 4.98 Å². The van der Waals surface area contributed by atoms with Crippen LogP contribution >= 0.6 is 11.3 Å². The van der Waals surface area contributed by atoms with Gasteiger partial charge in [-0.05, 0) is 73.5 Å². The molecule has 1 fully saturated rings. The maximum Gasteiger partial charge on any atom is 0.301 e. The number of carbonyl (C=O) groups is 2. The summed E-state index contributed by atoms with van der Waals surface area (Å²) in [6.45, 7) is 4.25. The van der Waals surface area contributed by atoms with Crippen LogP contribution in [0.4, 0.5) is 9.52 Å². The highest BCUT2D eigenvalue weighted by atomic mass is 32.1. The number of carbonyl (C=O) groups excluding carboxylic acids is 2. The fraction of sp³-hybridized carbons (Fsp3) is 0.207. The van der Waals surface area contributed by atoms with E-state index in [1.165, 1.54) is 23.1 Å². The van der Waals surface area contributed by atoms with Gasteiger partial charge < -0.3 is 14.6 Å². The second-order valence-corrected chi connectivity index (χ2v) is 10.2. The van der Waals surface area contributed by atoms with Crippen LogP contribution in [0.15, 0.2) is 66.2 Å². The van der Waals surface area contributed by atoms with E-state index in [1.807, 2.05) is 13.8 Å². The third kappa shape index (κ3) is 3.99. The zero-order chi connectivity index (χ0) is 26.6. The number of nitrogens with zero attached hydrogens (tertiary/aromatic N) is 2. The SMILES string of the molecule is CCOc1cccc([C@@H]2/C(=C(\O)c3ccc4c(c3)C[C@@H](C)O4)C(=O)C(=O)N2c2nc3ccc(F)cc3s2)c1. The average molecular weight is 531 g/mol. The number of aliphatic hydroxyl groups is 1. The molecular formula is C29H23FN2O5S. The minimum absolute atomic E-state index is 0.0122. The van der Waals surface area contributed by atoms with Crippen LogP contribution in [0.2, 0.25) is 0 Å². The number of anilines is 1. The molecule has 2 aliphatic heterocycles. The van der Waals surface area contributed by atoms with E-state index in [1.54, 1.807) is 42.5 Å². The first-order chi connectivity index (χ1) is 18.3. The number of fused-ring (bicyclic) bond motifs is 2. The van der Waals surface area contributed by atoms with Crippen molar-refractivity contribution in [1.29, 1.82) is 0 Å². The van der Waals surface area contributed by atoms with E-state index in [9.17, 15) is 19.1 Å². The number of rotatable bonds is 5. The molecule has 0 saturated carbocycles. The number of hydrogen-bond donors (Lipinski definition) is 1. The van der Waals surface area contributed by atoms with Crippen molar-refractivity contribution in [3.8, 4) is 11.5 Å². The number of thiazole rings is 1. The first-order valence-corrected chi connectivity index (χ1v) is 13.1. The van der Waals surface area contributed by atoms with Crippen LogP contribution in [0, 0.1) is 5.82 Å². The Kier molecular flexibility index (Phi) is 5.87. The topological polar surface area (TPSA) is 89.0 Å². The van der Waals surface area contributed by atoms with Gasteiger partial charge in [-0.2, -0.15) is 0 Å². The van der Waals surface area contributed by atoms with Gasteiger partial charge in [0.05, 0.1) is 28.4 Å². The van der Waals surface area contributed by atoms with E-state index >= 15 is 0 Å². The summed E-state index contributed by atoms with van der Waals surface area (Å²) in [5.74, 6) is -1.07. The van der Waals surface area contributed by atoms with E-state index < -0.39 is 23.5 Å². The third-order valence-corrected chi connectivity index (χ3v) is 7.66. The molecule has 3 aromatic carbocycles. The number of hydrogen-bond acceptors (Lipinski definition) is 7. The molecule has 0 unspecified atom stereocenters. The molecule has 192 valence electrons. The Morgan fingerprint density at radius 2 is 2.03 bits per heavy atom. The summed E-state index contributed by atoms with van der Waals surface area (Å²) in [7, 11) is 0. The van der Waals surface area contributed by atoms with Crippen LogP contribution in [0.5, 0.6) is 11.5 Å². The smallest absolute Gasteiger partial charge is 0.301 e. The lowest BCUT2D eigenvalue weighted by atomic mass is 9.94. The van der Waals surface area contributed by atoms with Gasteiger partial charge >= 0.3 is 5.91 Å². The van der Waals surface area contributed by atoms with Gasteiger partial charge in [0.1, 0.15) is 29.2 Å². The lowest BCUT2D eigenvalue weighted by Crippen LogP contribution is -2.29. The third-order valence-electron chi connectivity index (χ3n) is 6.64. The summed E-state index contributed by atoms with van der Waals surface area (Å²) in [6.07, 6.45) is 0.686. The van der Waals surface area contributed by atoms with Gasteiger partial charge in [0, 0.05) is 12.0 Å². The lowest BCUT2D eigenvalue weighted by molar-refractivity contribution is -0.132. The summed E-state index contributed by atoms with van der Waals surface area (Å²) in [5.41, 5.74) is 2.35. The molecular weight excluding hydrogens is 507 g/mol. The normalized spacial score (nSPS) is 20.1. The Hall–Kier alpha value is -4.24. The maximum absolute atomic E-state index is 13.9. The molecule has 7 nitrogen and oxygen atoms in total. The molecule has 0 spiro atoms. The Balaban J connectivity index is 1.54. The first kappa shape index (κ1) is 24.1. The Labute approximate surface area is 221 Å². The summed E-state index contributed by atoms with van der Waals surface area (Å²) in [6, 6.07) is 15.5. The van der Waals surface area contributed by atoms with Gasteiger partial charge in [-0.1, -0.05) is 23.5 Å². The van der Waals surface area contributed by atoms with Crippen molar-refractivity contribution in [2.24, 2.45) is 0 Å². The van der Waals surface area contributed by atoms with Gasteiger partial charge in [0.15, 0.2) is 5.13 Å². The van der Waals surface area contributed by atoms with Crippen LogP contribution < -0.4 is 14.4 Å². The predicted molar refractivity (Wildman–Crippen MR) is 142 cm³/mol. The van der Waals surface area contributed by atoms with Gasteiger partial charge in [-0.25, -0.2) is 9.37 Å². The molecule has 2 atom stereocenters. The molecule has 0 radical (unpaired) electrons. The summed E-state index contributed by atoms with van der Waals surface area (Å²) in [5, 5.41) is 11.7. The summed E-state index contributed by atoms with van der Waals surface area (Å²) in [4.78, 5) is 32.8. The summed E-state index contributed by atoms with van der Waals surface area (Å²) >= 11 is 1.10. The molecule has 1 N–H and O–H groups in total. The van der Waals surface area contributed by atoms with Crippen molar-refractivity contribution >= 4 is 44.1 Å². The Morgan fingerprint density at radius 1 is 1.18 bits per heavy atom. The lowest BCUT2D eigenvalue weighted by Gasteiger charge is -2.23. The molecule has 2 aliphatic rings. The largest absolute Gasteiger partial charge is 0.507 e. The highest BCUT2D eigenvalue weighted by molar-refractivity contribution is 7.22. The molecule has 1 amide bonds. The van der Waals surface area contributed by atoms with Gasteiger partial charge in [0.25, 0.3) is 5.78 Å². The zero-order valence-corrected chi connectivity index (χ0v) is 21.4. The average Bonchev–Trinajstić information content (AvgIpc) is 3.56. The number of halogens is 1. The maximum atomic E-state index is 13.9. The van der Waals surface area contributed by atoms with Crippen molar-refractivity contribution < 1.29 is 28.6 Å². The highest BCUT2D eigenvalue weighted by Gasteiger charge is 2.48. The highest BCUT2D eigenvalue weighted by Crippen LogP contribution is 2.45. The van der Waals surface area contributed by atoms with Gasteiger partial charge in [-0.15, -0.1) is 0 Å². The first-order valence-electron chi connectivity index (χ1n) is 12.2. The van der Waals surface area contributed by atoms with E-state index in [-0.39, 0.29) is 22.6 Å². The molecule has 0 aliphatic carbocycles. The van der Waals surface area contributed by atoms with E-state index in [0.717, 1.165) is 22.6 Å². The number of aliphatic hydroxyl groups excluding tert-OH is 1.